The van der Waals surface area contributed by atoms with Crippen molar-refractivity contribution in [2.24, 2.45) is 0 Å². The van der Waals surface area contributed by atoms with Gasteiger partial charge in [-0.15, -0.1) is 22.8 Å². The van der Waals surface area contributed by atoms with Gasteiger partial charge in [-0.3, -0.25) is 4.57 Å². The molecule has 0 atom stereocenters. The van der Waals surface area contributed by atoms with E-state index in [1.807, 2.05) is 72.8 Å². The van der Waals surface area contributed by atoms with Crippen LogP contribution >= 0.6 is 12.6 Å². The number of aromatic nitrogens is 3. The zero-order valence-electron chi connectivity index (χ0n) is 12.9. The highest BCUT2D eigenvalue weighted by Crippen LogP contribution is 2.31. The lowest BCUT2D eigenvalue weighted by Crippen LogP contribution is -2.00. The van der Waals surface area contributed by atoms with Gasteiger partial charge in [-0.25, -0.2) is 0 Å². The van der Waals surface area contributed by atoms with Crippen molar-refractivity contribution in [3.8, 4) is 28.5 Å². The largest absolute Gasteiger partial charge is 0.275 e. The van der Waals surface area contributed by atoms with E-state index in [1.165, 1.54) is 0 Å². The smallest absolute Gasteiger partial charge is 0.169 e. The Bertz CT molecular complexity index is 963. The fourth-order valence-electron chi connectivity index (χ4n) is 2.72. The van der Waals surface area contributed by atoms with Crippen LogP contribution < -0.4 is 0 Å². The summed E-state index contributed by atoms with van der Waals surface area (Å²) in [4.78, 5) is 0.877. The Balaban J connectivity index is 2.00. The molecule has 3 aromatic carbocycles. The summed E-state index contributed by atoms with van der Waals surface area (Å²) in [5.41, 5.74) is 3.00. The molecule has 116 valence electrons. The van der Waals surface area contributed by atoms with Gasteiger partial charge in [0.15, 0.2) is 11.6 Å². The Morgan fingerprint density at radius 3 is 1.92 bits per heavy atom. The summed E-state index contributed by atoms with van der Waals surface area (Å²) in [6.45, 7) is 0. The van der Waals surface area contributed by atoms with Crippen molar-refractivity contribution in [3.05, 3.63) is 84.9 Å². The van der Waals surface area contributed by atoms with Crippen LogP contribution in [0.15, 0.2) is 89.8 Å². The number of nitrogens with zero attached hydrogens (tertiary/aromatic N) is 3. The molecule has 0 spiro atoms. The van der Waals surface area contributed by atoms with E-state index >= 15 is 0 Å². The number of hydrogen-bond acceptors (Lipinski definition) is 3. The Hall–Kier alpha value is -2.85. The summed E-state index contributed by atoms with van der Waals surface area (Å²) in [6.07, 6.45) is 0. The van der Waals surface area contributed by atoms with Crippen molar-refractivity contribution in [3.63, 3.8) is 0 Å². The molecular weight excluding hydrogens is 314 g/mol. The molecule has 0 unspecified atom stereocenters. The predicted octanol–water partition coefficient (Wildman–Crippen LogP) is 4.89. The fourth-order valence-corrected chi connectivity index (χ4v) is 2.98. The molecule has 0 bridgehead atoms. The minimum Gasteiger partial charge on any atom is -0.275 e. The monoisotopic (exact) mass is 329 g/mol. The number of benzene rings is 3. The molecule has 4 rings (SSSR count). The van der Waals surface area contributed by atoms with Gasteiger partial charge in [-0.05, 0) is 18.2 Å². The van der Waals surface area contributed by atoms with Crippen molar-refractivity contribution in [2.45, 2.75) is 4.90 Å². The topological polar surface area (TPSA) is 30.7 Å². The quantitative estimate of drug-likeness (QED) is 0.543. The van der Waals surface area contributed by atoms with E-state index in [0.29, 0.717) is 0 Å². The fraction of sp³-hybridized carbons (Fsp3) is 0. The highest BCUT2D eigenvalue weighted by molar-refractivity contribution is 7.80. The lowest BCUT2D eigenvalue weighted by molar-refractivity contribution is 1.07. The van der Waals surface area contributed by atoms with Crippen molar-refractivity contribution in [2.75, 3.05) is 0 Å². The maximum absolute atomic E-state index is 4.58. The normalized spacial score (nSPS) is 10.7. The minimum absolute atomic E-state index is 0.783. The molecule has 0 amide bonds. The second-order valence-electron chi connectivity index (χ2n) is 5.40. The molecule has 0 fully saturated rings. The van der Waals surface area contributed by atoms with Gasteiger partial charge in [0.05, 0.1) is 0 Å². The molecule has 3 nitrogen and oxygen atoms in total. The third-order valence-electron chi connectivity index (χ3n) is 3.85. The molecule has 0 radical (unpaired) electrons. The maximum Gasteiger partial charge on any atom is 0.169 e. The first-order chi connectivity index (χ1) is 11.8. The zero-order chi connectivity index (χ0) is 16.4. The lowest BCUT2D eigenvalue weighted by atomic mass is 10.1. The molecule has 0 aliphatic carbocycles. The van der Waals surface area contributed by atoms with Gasteiger partial charge >= 0.3 is 0 Å². The van der Waals surface area contributed by atoms with Crippen molar-refractivity contribution in [1.82, 2.24) is 14.8 Å². The Morgan fingerprint density at radius 2 is 1.21 bits per heavy atom. The summed E-state index contributed by atoms with van der Waals surface area (Å²) in [5.74, 6) is 1.60. The molecule has 1 heterocycles. The van der Waals surface area contributed by atoms with E-state index in [4.69, 9.17) is 0 Å². The minimum atomic E-state index is 0.783. The number of rotatable bonds is 3. The molecule has 4 aromatic rings. The summed E-state index contributed by atoms with van der Waals surface area (Å²) in [6, 6.07) is 28.2. The van der Waals surface area contributed by atoms with Gasteiger partial charge in [0.2, 0.25) is 0 Å². The predicted molar refractivity (Wildman–Crippen MR) is 99.5 cm³/mol. The van der Waals surface area contributed by atoms with Crippen LogP contribution in [0.1, 0.15) is 0 Å². The van der Waals surface area contributed by atoms with Gasteiger partial charge in [-0.2, -0.15) is 0 Å². The van der Waals surface area contributed by atoms with Crippen LogP contribution in [0.5, 0.6) is 0 Å². The average Bonchev–Trinajstić information content (AvgIpc) is 3.08. The summed E-state index contributed by atoms with van der Waals surface area (Å²) in [7, 11) is 0. The Kier molecular flexibility index (Phi) is 3.89. The highest BCUT2D eigenvalue weighted by Gasteiger charge is 2.17. The standard InChI is InChI=1S/C20H15N3S/c24-18-14-8-7-13-17(18)20-22-21-19(15-9-3-1-4-10-15)23(20)16-11-5-2-6-12-16/h1-14,24H. The van der Waals surface area contributed by atoms with E-state index < -0.39 is 0 Å². The lowest BCUT2D eigenvalue weighted by Gasteiger charge is -2.11. The second-order valence-corrected chi connectivity index (χ2v) is 5.88. The summed E-state index contributed by atoms with van der Waals surface area (Å²) in [5, 5.41) is 8.92. The van der Waals surface area contributed by atoms with Gasteiger partial charge in [0.1, 0.15) is 0 Å². The van der Waals surface area contributed by atoms with E-state index in [0.717, 1.165) is 33.4 Å². The number of thiol groups is 1. The van der Waals surface area contributed by atoms with Crippen molar-refractivity contribution in [1.29, 1.82) is 0 Å². The van der Waals surface area contributed by atoms with E-state index in [1.54, 1.807) is 0 Å². The zero-order valence-corrected chi connectivity index (χ0v) is 13.8. The Morgan fingerprint density at radius 1 is 0.625 bits per heavy atom. The molecule has 24 heavy (non-hydrogen) atoms. The van der Waals surface area contributed by atoms with Gasteiger partial charge < -0.3 is 0 Å². The van der Waals surface area contributed by atoms with Gasteiger partial charge in [-0.1, -0.05) is 66.7 Å². The third-order valence-corrected chi connectivity index (χ3v) is 4.24. The second kappa shape index (κ2) is 6.34. The molecule has 0 saturated heterocycles. The first kappa shape index (κ1) is 14.7. The molecule has 0 aliphatic heterocycles. The molecule has 1 aromatic heterocycles. The van der Waals surface area contributed by atoms with Gasteiger partial charge in [0.25, 0.3) is 0 Å². The SMILES string of the molecule is Sc1ccccc1-c1nnc(-c2ccccc2)n1-c1ccccc1. The summed E-state index contributed by atoms with van der Waals surface area (Å²) < 4.78 is 2.07. The molecular formula is C20H15N3S. The number of para-hydroxylation sites is 1. The van der Waals surface area contributed by atoms with Crippen LogP contribution in [0.25, 0.3) is 28.5 Å². The van der Waals surface area contributed by atoms with Crippen LogP contribution in [-0.4, -0.2) is 14.8 Å². The maximum atomic E-state index is 4.58. The van der Waals surface area contributed by atoms with Gasteiger partial charge in [0, 0.05) is 21.7 Å². The van der Waals surface area contributed by atoms with Crippen LogP contribution in [0, 0.1) is 0 Å². The number of hydrogen-bond donors (Lipinski definition) is 1. The van der Waals surface area contributed by atoms with E-state index in [-0.39, 0.29) is 0 Å². The van der Waals surface area contributed by atoms with Crippen LogP contribution in [0.4, 0.5) is 0 Å². The molecule has 4 heteroatoms. The Labute approximate surface area is 146 Å². The van der Waals surface area contributed by atoms with Crippen LogP contribution in [0.3, 0.4) is 0 Å². The summed E-state index contributed by atoms with van der Waals surface area (Å²) >= 11 is 4.58. The molecule has 0 N–H and O–H groups in total. The van der Waals surface area contributed by atoms with Crippen molar-refractivity contribution >= 4 is 12.6 Å². The van der Waals surface area contributed by atoms with Crippen LogP contribution in [-0.2, 0) is 0 Å². The van der Waals surface area contributed by atoms with Crippen molar-refractivity contribution < 1.29 is 0 Å². The first-order valence-electron chi connectivity index (χ1n) is 7.69. The third kappa shape index (κ3) is 2.61. The molecule has 0 saturated carbocycles. The van der Waals surface area contributed by atoms with E-state index in [2.05, 4.69) is 39.5 Å². The van der Waals surface area contributed by atoms with Crippen LogP contribution in [0.2, 0.25) is 0 Å². The highest BCUT2D eigenvalue weighted by atomic mass is 32.1. The van der Waals surface area contributed by atoms with E-state index in [9.17, 15) is 0 Å². The average molecular weight is 329 g/mol. The molecule has 0 aliphatic rings. The first-order valence-corrected chi connectivity index (χ1v) is 8.14.